The number of halogens is 1. The molecule has 0 aliphatic carbocycles. The summed E-state index contributed by atoms with van der Waals surface area (Å²) < 4.78 is 12.1. The van der Waals surface area contributed by atoms with Crippen molar-refractivity contribution >= 4 is 29.4 Å². The van der Waals surface area contributed by atoms with Crippen molar-refractivity contribution in [2.24, 2.45) is 0 Å². The lowest BCUT2D eigenvalue weighted by Crippen LogP contribution is -2.17. The third-order valence-electron chi connectivity index (χ3n) is 5.15. The van der Waals surface area contributed by atoms with Gasteiger partial charge in [-0.05, 0) is 36.4 Å². The molecule has 1 heterocycles. The zero-order valence-corrected chi connectivity index (χ0v) is 19.5. The Morgan fingerprint density at radius 2 is 1.41 bits per heavy atom. The largest absolute Gasteiger partial charge is 0.496 e. The number of benzene rings is 3. The van der Waals surface area contributed by atoms with Gasteiger partial charge in [-0.3, -0.25) is 4.79 Å². The summed E-state index contributed by atoms with van der Waals surface area (Å²) in [5, 5.41) is 11.3. The van der Waals surface area contributed by atoms with Crippen LogP contribution in [-0.2, 0) is 13.1 Å². The van der Waals surface area contributed by atoms with Crippen molar-refractivity contribution in [3.8, 4) is 11.5 Å². The van der Waals surface area contributed by atoms with E-state index in [1.807, 2.05) is 48.5 Å². The first-order valence-corrected chi connectivity index (χ1v) is 11.0. The smallest absolute Gasteiger partial charge is 0.281 e. The van der Waals surface area contributed by atoms with Crippen LogP contribution in [0.3, 0.4) is 0 Å². The molecule has 34 heavy (non-hydrogen) atoms. The molecule has 174 valence electrons. The lowest BCUT2D eigenvalue weighted by Gasteiger charge is -2.10. The first-order valence-electron chi connectivity index (χ1n) is 10.6. The third-order valence-corrected chi connectivity index (χ3v) is 5.40. The topological polar surface area (TPSA) is 90.3 Å². The number of hydrogen-bond acceptors (Lipinski definition) is 7. The average Bonchev–Trinajstić information content (AvgIpc) is 3.29. The Labute approximate surface area is 202 Å². The second-order valence-corrected chi connectivity index (χ2v) is 7.75. The number of para-hydroxylation sites is 2. The summed E-state index contributed by atoms with van der Waals surface area (Å²) >= 11 is 5.98. The molecule has 1 aromatic heterocycles. The standard InChI is InChI=1S/C25H24ClN5O3/c1-33-21-9-5-3-7-18(21)15-27-24-29-25(28-16-19-8-4-6-10-22(19)34-2)31(30-24)23(32)17-11-13-20(26)14-12-17/h3-14H,15-16H2,1-2H3,(H2,27,28,29,30). The molecule has 0 aliphatic rings. The highest BCUT2D eigenvalue weighted by atomic mass is 35.5. The van der Waals surface area contributed by atoms with Crippen molar-refractivity contribution in [2.75, 3.05) is 24.9 Å². The maximum Gasteiger partial charge on any atom is 0.281 e. The number of nitrogens with one attached hydrogen (secondary N) is 2. The summed E-state index contributed by atoms with van der Waals surface area (Å²) in [6.45, 7) is 0.817. The molecule has 0 spiro atoms. The number of aromatic nitrogens is 3. The van der Waals surface area contributed by atoms with Gasteiger partial charge in [-0.15, -0.1) is 5.10 Å². The predicted molar refractivity (Wildman–Crippen MR) is 132 cm³/mol. The lowest BCUT2D eigenvalue weighted by atomic mass is 10.2. The van der Waals surface area contributed by atoms with Gasteiger partial charge in [0, 0.05) is 34.8 Å². The summed E-state index contributed by atoms with van der Waals surface area (Å²) in [5.74, 6) is 1.75. The number of rotatable bonds is 9. The van der Waals surface area contributed by atoms with Gasteiger partial charge in [0.1, 0.15) is 11.5 Å². The molecule has 0 atom stereocenters. The van der Waals surface area contributed by atoms with Crippen LogP contribution in [0.15, 0.2) is 72.8 Å². The number of carbonyl (C=O) groups excluding carboxylic acids is 1. The number of ether oxygens (including phenoxy) is 2. The first-order chi connectivity index (χ1) is 16.6. The highest BCUT2D eigenvalue weighted by molar-refractivity contribution is 6.30. The van der Waals surface area contributed by atoms with Gasteiger partial charge < -0.3 is 20.1 Å². The van der Waals surface area contributed by atoms with Gasteiger partial charge >= 0.3 is 0 Å². The van der Waals surface area contributed by atoms with E-state index in [1.54, 1.807) is 38.5 Å². The van der Waals surface area contributed by atoms with E-state index in [9.17, 15) is 4.79 Å². The van der Waals surface area contributed by atoms with Crippen LogP contribution in [-0.4, -0.2) is 34.9 Å². The van der Waals surface area contributed by atoms with E-state index in [1.165, 1.54) is 4.68 Å². The van der Waals surface area contributed by atoms with Crippen molar-refractivity contribution in [3.63, 3.8) is 0 Å². The second-order valence-electron chi connectivity index (χ2n) is 7.31. The summed E-state index contributed by atoms with van der Waals surface area (Å²) in [4.78, 5) is 17.7. The predicted octanol–water partition coefficient (Wildman–Crippen LogP) is 4.86. The molecular weight excluding hydrogens is 454 g/mol. The molecule has 8 nitrogen and oxygen atoms in total. The van der Waals surface area contributed by atoms with E-state index in [0.29, 0.717) is 35.6 Å². The second kappa shape index (κ2) is 10.7. The zero-order chi connectivity index (χ0) is 23.9. The van der Waals surface area contributed by atoms with Crippen LogP contribution in [0.2, 0.25) is 5.02 Å². The number of carbonyl (C=O) groups is 1. The van der Waals surface area contributed by atoms with Gasteiger partial charge in [0.2, 0.25) is 11.9 Å². The molecule has 0 aliphatic heterocycles. The molecule has 0 radical (unpaired) electrons. The summed E-state index contributed by atoms with van der Waals surface area (Å²) in [5.41, 5.74) is 2.29. The number of nitrogens with zero attached hydrogens (tertiary/aromatic N) is 3. The van der Waals surface area contributed by atoms with Crippen molar-refractivity contribution in [1.29, 1.82) is 0 Å². The molecule has 4 aromatic rings. The molecule has 9 heteroatoms. The van der Waals surface area contributed by atoms with Crippen LogP contribution in [0.1, 0.15) is 21.5 Å². The minimum atomic E-state index is -0.336. The van der Waals surface area contributed by atoms with Crippen molar-refractivity contribution in [3.05, 3.63) is 94.5 Å². The van der Waals surface area contributed by atoms with Gasteiger partial charge in [0.05, 0.1) is 14.2 Å². The van der Waals surface area contributed by atoms with Crippen molar-refractivity contribution in [2.45, 2.75) is 13.1 Å². The van der Waals surface area contributed by atoms with Crippen LogP contribution < -0.4 is 20.1 Å². The monoisotopic (exact) mass is 477 g/mol. The van der Waals surface area contributed by atoms with Gasteiger partial charge in [-0.25, -0.2) is 0 Å². The summed E-state index contributed by atoms with van der Waals surface area (Å²) in [7, 11) is 3.24. The van der Waals surface area contributed by atoms with Crippen LogP contribution >= 0.6 is 11.6 Å². The fraction of sp³-hybridized carbons (Fsp3) is 0.160. The number of anilines is 2. The Morgan fingerprint density at radius 3 is 2.00 bits per heavy atom. The Kier molecular flexibility index (Phi) is 7.29. The third kappa shape index (κ3) is 5.29. The lowest BCUT2D eigenvalue weighted by molar-refractivity contribution is 0.0947. The molecule has 0 amide bonds. The Morgan fingerprint density at radius 1 is 0.853 bits per heavy atom. The molecule has 2 N–H and O–H groups in total. The maximum absolute atomic E-state index is 13.2. The van der Waals surface area contributed by atoms with Crippen LogP contribution in [0.4, 0.5) is 11.9 Å². The minimum absolute atomic E-state index is 0.299. The highest BCUT2D eigenvalue weighted by Gasteiger charge is 2.18. The Balaban J connectivity index is 1.60. The van der Waals surface area contributed by atoms with Gasteiger partial charge in [0.15, 0.2) is 0 Å². The highest BCUT2D eigenvalue weighted by Crippen LogP contribution is 2.22. The molecule has 3 aromatic carbocycles. The molecule has 4 rings (SSSR count). The van der Waals surface area contributed by atoms with Crippen LogP contribution in [0.25, 0.3) is 0 Å². The number of hydrogen-bond donors (Lipinski definition) is 2. The van der Waals surface area contributed by atoms with E-state index in [4.69, 9.17) is 21.1 Å². The SMILES string of the molecule is COc1ccccc1CNc1nc(NCc2ccccc2OC)n(C(=O)c2ccc(Cl)cc2)n1. The Bertz CT molecular complexity index is 1270. The number of methoxy groups -OCH3 is 2. The van der Waals surface area contributed by atoms with Gasteiger partial charge in [-0.1, -0.05) is 48.0 Å². The van der Waals surface area contributed by atoms with E-state index in [2.05, 4.69) is 20.7 Å². The fourth-order valence-corrected chi connectivity index (χ4v) is 3.53. The zero-order valence-electron chi connectivity index (χ0n) is 18.8. The Hall–Kier alpha value is -4.04. The summed E-state index contributed by atoms with van der Waals surface area (Å²) in [6.07, 6.45) is 0. The molecule has 0 saturated heterocycles. The van der Waals surface area contributed by atoms with Crippen molar-refractivity contribution < 1.29 is 14.3 Å². The average molecular weight is 478 g/mol. The first kappa shape index (κ1) is 23.1. The van der Waals surface area contributed by atoms with Crippen molar-refractivity contribution in [1.82, 2.24) is 14.8 Å². The maximum atomic E-state index is 13.2. The molecule has 0 unspecified atom stereocenters. The normalized spacial score (nSPS) is 10.6. The van der Waals surface area contributed by atoms with Crippen LogP contribution in [0, 0.1) is 0 Å². The molecule has 0 bridgehead atoms. The quantitative estimate of drug-likeness (QED) is 0.355. The molecular formula is C25H24ClN5O3. The van der Waals surface area contributed by atoms with E-state index < -0.39 is 0 Å². The van der Waals surface area contributed by atoms with E-state index in [-0.39, 0.29) is 5.91 Å². The van der Waals surface area contributed by atoms with Gasteiger partial charge in [-0.2, -0.15) is 9.67 Å². The molecule has 0 fully saturated rings. The minimum Gasteiger partial charge on any atom is -0.496 e. The van der Waals surface area contributed by atoms with Gasteiger partial charge in [0.25, 0.3) is 5.91 Å². The van der Waals surface area contributed by atoms with Crippen LogP contribution in [0.5, 0.6) is 11.5 Å². The molecule has 0 saturated carbocycles. The fourth-order valence-electron chi connectivity index (χ4n) is 3.40. The van der Waals surface area contributed by atoms with E-state index >= 15 is 0 Å². The summed E-state index contributed by atoms with van der Waals surface area (Å²) in [6, 6.07) is 21.9. The van der Waals surface area contributed by atoms with E-state index in [0.717, 1.165) is 22.6 Å².